The van der Waals surface area contributed by atoms with Crippen LogP contribution < -0.4 is 16.0 Å². The van der Waals surface area contributed by atoms with E-state index in [2.05, 4.69) is 31.1 Å². The van der Waals surface area contributed by atoms with Crippen molar-refractivity contribution in [2.75, 3.05) is 16.0 Å². The largest absolute Gasteiger partial charge is 0.326 e. The molecule has 4 rings (SSSR count). The molecule has 9 nitrogen and oxygen atoms in total. The zero-order valence-corrected chi connectivity index (χ0v) is 17.6. The summed E-state index contributed by atoms with van der Waals surface area (Å²) in [6.45, 7) is 1.42. The zero-order chi connectivity index (χ0) is 23.2. The van der Waals surface area contributed by atoms with Crippen LogP contribution in [0.1, 0.15) is 27.8 Å². The molecule has 0 bridgehead atoms. The topological polar surface area (TPSA) is 129 Å². The molecule has 33 heavy (non-hydrogen) atoms. The summed E-state index contributed by atoms with van der Waals surface area (Å²) in [5.74, 6) is -0.885. The number of anilines is 3. The van der Waals surface area contributed by atoms with E-state index < -0.39 is 0 Å². The van der Waals surface area contributed by atoms with Crippen LogP contribution in [0.3, 0.4) is 0 Å². The predicted octanol–water partition coefficient (Wildman–Crippen LogP) is 3.93. The van der Waals surface area contributed by atoms with Gasteiger partial charge in [0.05, 0.1) is 11.4 Å². The Bertz CT molecular complexity index is 1300. The number of benzene rings is 2. The van der Waals surface area contributed by atoms with E-state index in [1.54, 1.807) is 79.0 Å². The fraction of sp³-hybridized carbons (Fsp3) is 0.0417. The molecule has 0 aliphatic carbocycles. The first-order valence-electron chi connectivity index (χ1n) is 10.1. The number of pyridine rings is 1. The maximum absolute atomic E-state index is 12.7. The number of carbonyl (C=O) groups is 3. The van der Waals surface area contributed by atoms with Gasteiger partial charge in [-0.2, -0.15) is 5.10 Å². The molecule has 4 N–H and O–H groups in total. The molecule has 0 radical (unpaired) electrons. The summed E-state index contributed by atoms with van der Waals surface area (Å²) in [4.78, 5) is 40.7. The van der Waals surface area contributed by atoms with Gasteiger partial charge in [0, 0.05) is 35.7 Å². The molecule has 0 atom stereocenters. The average molecular weight is 440 g/mol. The second-order valence-electron chi connectivity index (χ2n) is 7.13. The minimum Gasteiger partial charge on any atom is -0.326 e. The van der Waals surface area contributed by atoms with Crippen molar-refractivity contribution in [2.45, 2.75) is 6.92 Å². The van der Waals surface area contributed by atoms with Gasteiger partial charge >= 0.3 is 0 Å². The van der Waals surface area contributed by atoms with E-state index in [0.717, 1.165) is 0 Å². The maximum atomic E-state index is 12.7. The van der Waals surface area contributed by atoms with Crippen molar-refractivity contribution in [1.82, 2.24) is 15.2 Å². The minimum absolute atomic E-state index is 0.186. The molecule has 0 spiro atoms. The molecule has 0 saturated heterocycles. The van der Waals surface area contributed by atoms with Gasteiger partial charge in [-0.05, 0) is 60.7 Å². The molecule has 2 aromatic carbocycles. The lowest BCUT2D eigenvalue weighted by molar-refractivity contribution is -0.114. The highest BCUT2D eigenvalue weighted by Gasteiger charge is 2.11. The van der Waals surface area contributed by atoms with Crippen LogP contribution in [-0.4, -0.2) is 32.9 Å². The van der Waals surface area contributed by atoms with Gasteiger partial charge in [-0.25, -0.2) is 4.98 Å². The zero-order valence-electron chi connectivity index (χ0n) is 17.6. The molecule has 0 saturated carbocycles. The van der Waals surface area contributed by atoms with E-state index in [1.165, 1.54) is 6.92 Å². The van der Waals surface area contributed by atoms with Gasteiger partial charge in [0.25, 0.3) is 11.8 Å². The second-order valence-corrected chi connectivity index (χ2v) is 7.13. The molecule has 4 aromatic rings. The van der Waals surface area contributed by atoms with Gasteiger partial charge in [0.15, 0.2) is 0 Å². The first-order valence-corrected chi connectivity index (χ1v) is 10.1. The van der Waals surface area contributed by atoms with E-state index in [4.69, 9.17) is 0 Å². The number of hydrogen-bond acceptors (Lipinski definition) is 5. The highest BCUT2D eigenvalue weighted by molar-refractivity contribution is 6.06. The number of rotatable bonds is 6. The van der Waals surface area contributed by atoms with Crippen molar-refractivity contribution in [1.29, 1.82) is 0 Å². The van der Waals surface area contributed by atoms with Crippen LogP contribution in [0.5, 0.6) is 0 Å². The fourth-order valence-electron chi connectivity index (χ4n) is 3.09. The molecular formula is C24H20N6O3. The summed E-state index contributed by atoms with van der Waals surface area (Å²) in [6.07, 6.45) is 1.61. The van der Waals surface area contributed by atoms with Crippen LogP contribution in [0.2, 0.25) is 0 Å². The van der Waals surface area contributed by atoms with Gasteiger partial charge in [0.2, 0.25) is 5.91 Å². The highest BCUT2D eigenvalue weighted by Crippen LogP contribution is 2.19. The number of H-pyrrole nitrogens is 1. The van der Waals surface area contributed by atoms with E-state index in [9.17, 15) is 14.4 Å². The summed E-state index contributed by atoms with van der Waals surface area (Å²) < 4.78 is 0. The Balaban J connectivity index is 1.43. The minimum atomic E-state index is -0.381. The first-order chi connectivity index (χ1) is 16.0. The average Bonchev–Trinajstić information content (AvgIpc) is 3.34. The van der Waals surface area contributed by atoms with Crippen molar-refractivity contribution in [3.8, 4) is 11.4 Å². The Kier molecular flexibility index (Phi) is 6.21. The summed E-state index contributed by atoms with van der Waals surface area (Å²) in [6, 6.07) is 20.2. The predicted molar refractivity (Wildman–Crippen MR) is 125 cm³/mol. The Hall–Kier alpha value is -4.79. The Morgan fingerprint density at radius 1 is 0.758 bits per heavy atom. The molecular weight excluding hydrogens is 420 g/mol. The van der Waals surface area contributed by atoms with Gasteiger partial charge in [-0.15, -0.1) is 0 Å². The number of aromatic nitrogens is 3. The summed E-state index contributed by atoms with van der Waals surface area (Å²) >= 11 is 0. The summed E-state index contributed by atoms with van der Waals surface area (Å²) in [5.41, 5.74) is 3.61. The van der Waals surface area contributed by atoms with Crippen molar-refractivity contribution < 1.29 is 14.4 Å². The van der Waals surface area contributed by atoms with Gasteiger partial charge in [-0.3, -0.25) is 19.5 Å². The van der Waals surface area contributed by atoms with Gasteiger partial charge in [-0.1, -0.05) is 12.1 Å². The lowest BCUT2D eigenvalue weighted by Gasteiger charge is -2.10. The fourth-order valence-corrected chi connectivity index (χ4v) is 3.09. The molecule has 2 heterocycles. The van der Waals surface area contributed by atoms with Crippen LogP contribution in [0.25, 0.3) is 11.4 Å². The third kappa shape index (κ3) is 5.47. The molecule has 0 fully saturated rings. The Morgan fingerprint density at radius 2 is 1.45 bits per heavy atom. The van der Waals surface area contributed by atoms with Crippen molar-refractivity contribution in [2.24, 2.45) is 0 Å². The molecule has 164 valence electrons. The van der Waals surface area contributed by atoms with Crippen LogP contribution in [0.4, 0.5) is 17.1 Å². The van der Waals surface area contributed by atoms with Crippen LogP contribution in [0, 0.1) is 0 Å². The summed E-state index contributed by atoms with van der Waals surface area (Å²) in [7, 11) is 0. The van der Waals surface area contributed by atoms with Gasteiger partial charge < -0.3 is 16.0 Å². The van der Waals surface area contributed by atoms with Crippen molar-refractivity contribution in [3.63, 3.8) is 0 Å². The van der Waals surface area contributed by atoms with Crippen LogP contribution in [-0.2, 0) is 4.79 Å². The number of amides is 3. The van der Waals surface area contributed by atoms with E-state index in [-0.39, 0.29) is 23.4 Å². The van der Waals surface area contributed by atoms with E-state index in [0.29, 0.717) is 34.0 Å². The molecule has 0 aliphatic heterocycles. The van der Waals surface area contributed by atoms with E-state index >= 15 is 0 Å². The monoisotopic (exact) mass is 440 g/mol. The Labute approximate surface area is 189 Å². The lowest BCUT2D eigenvalue weighted by Crippen LogP contribution is -2.15. The molecule has 9 heteroatoms. The second kappa shape index (κ2) is 9.56. The number of aromatic amines is 1. The number of hydrogen-bond donors (Lipinski definition) is 4. The standard InChI is InChI=1S/C24H20N6O3/c1-15(31)26-17-10-8-16(9-11-17)23(32)27-18-4-2-5-19(14-18)28-24(33)22-7-3-6-20(29-22)21-12-13-25-30-21/h2-14H,1H3,(H,25,30)(H,26,31)(H,27,32)(H,28,33). The number of nitrogens with zero attached hydrogens (tertiary/aromatic N) is 2. The normalized spacial score (nSPS) is 10.3. The molecule has 3 amide bonds. The summed E-state index contributed by atoms with van der Waals surface area (Å²) in [5, 5.41) is 14.9. The van der Waals surface area contributed by atoms with Gasteiger partial charge in [0.1, 0.15) is 5.69 Å². The lowest BCUT2D eigenvalue weighted by atomic mass is 10.2. The van der Waals surface area contributed by atoms with Crippen molar-refractivity contribution in [3.05, 3.63) is 90.3 Å². The van der Waals surface area contributed by atoms with Crippen molar-refractivity contribution >= 4 is 34.8 Å². The molecule has 2 aromatic heterocycles. The third-order valence-electron chi connectivity index (χ3n) is 4.60. The van der Waals surface area contributed by atoms with E-state index in [1.807, 2.05) is 0 Å². The number of carbonyl (C=O) groups excluding carboxylic acids is 3. The Morgan fingerprint density at radius 3 is 2.12 bits per heavy atom. The number of nitrogens with one attached hydrogen (secondary N) is 4. The molecule has 0 aliphatic rings. The highest BCUT2D eigenvalue weighted by atomic mass is 16.2. The van der Waals surface area contributed by atoms with Crippen LogP contribution in [0.15, 0.2) is 79.0 Å². The SMILES string of the molecule is CC(=O)Nc1ccc(C(=O)Nc2cccc(NC(=O)c3cccc(-c4ccn[nH]4)n3)c2)cc1. The maximum Gasteiger partial charge on any atom is 0.274 e. The van der Waals surface area contributed by atoms with Crippen LogP contribution >= 0.6 is 0 Å². The molecule has 0 unspecified atom stereocenters. The first kappa shape index (κ1) is 21.4. The third-order valence-corrected chi connectivity index (χ3v) is 4.60. The smallest absolute Gasteiger partial charge is 0.274 e. The quantitative estimate of drug-likeness (QED) is 0.361.